The summed E-state index contributed by atoms with van der Waals surface area (Å²) < 4.78 is 0. The molecule has 1 aromatic heterocycles. The Hall–Kier alpha value is -2.31. The van der Waals surface area contributed by atoms with Gasteiger partial charge in [-0.25, -0.2) is 4.98 Å². The SMILES string of the molecule is Cc1cccc(N2CCN(C(=O)c3ccccc3SCc3cscn3)CC2)c1. The Morgan fingerprint density at radius 1 is 1.11 bits per heavy atom. The standard InChI is InChI=1S/C22H23N3OS2/c1-17-5-4-6-19(13-17)24-9-11-25(12-10-24)22(26)20-7-2-3-8-21(20)28-15-18-14-27-16-23-18/h2-8,13-14,16H,9-12,15H2,1H3. The lowest BCUT2D eigenvalue weighted by Gasteiger charge is -2.36. The van der Waals surface area contributed by atoms with Crippen molar-refractivity contribution in [2.24, 2.45) is 0 Å². The molecule has 2 aromatic carbocycles. The van der Waals surface area contributed by atoms with Crippen LogP contribution in [-0.2, 0) is 5.75 Å². The largest absolute Gasteiger partial charge is 0.368 e. The third kappa shape index (κ3) is 4.39. The van der Waals surface area contributed by atoms with Crippen molar-refractivity contribution in [3.63, 3.8) is 0 Å². The molecule has 4 rings (SSSR count). The summed E-state index contributed by atoms with van der Waals surface area (Å²) in [5, 5.41) is 2.06. The zero-order valence-corrected chi connectivity index (χ0v) is 17.5. The molecule has 0 aliphatic carbocycles. The number of amides is 1. The van der Waals surface area contributed by atoms with E-state index >= 15 is 0 Å². The Bertz CT molecular complexity index is 934. The molecule has 1 amide bonds. The Morgan fingerprint density at radius 2 is 1.93 bits per heavy atom. The van der Waals surface area contributed by atoms with Gasteiger partial charge >= 0.3 is 0 Å². The first kappa shape index (κ1) is 19.0. The summed E-state index contributed by atoms with van der Waals surface area (Å²) in [4.78, 5) is 22.9. The summed E-state index contributed by atoms with van der Waals surface area (Å²) >= 11 is 3.29. The van der Waals surface area contributed by atoms with E-state index in [0.29, 0.717) is 0 Å². The van der Waals surface area contributed by atoms with Crippen LogP contribution < -0.4 is 4.90 Å². The van der Waals surface area contributed by atoms with Gasteiger partial charge in [0.05, 0.1) is 16.8 Å². The van der Waals surface area contributed by atoms with E-state index in [4.69, 9.17) is 0 Å². The number of nitrogens with zero attached hydrogens (tertiary/aromatic N) is 3. The highest BCUT2D eigenvalue weighted by molar-refractivity contribution is 7.98. The molecular formula is C22H23N3OS2. The topological polar surface area (TPSA) is 36.4 Å². The number of aromatic nitrogens is 1. The molecule has 144 valence electrons. The number of aryl methyl sites for hydroxylation is 1. The Kier molecular flexibility index (Phi) is 5.98. The highest BCUT2D eigenvalue weighted by Gasteiger charge is 2.24. The van der Waals surface area contributed by atoms with E-state index in [0.717, 1.165) is 48.1 Å². The summed E-state index contributed by atoms with van der Waals surface area (Å²) in [6.45, 7) is 5.34. The van der Waals surface area contributed by atoms with Gasteiger partial charge in [-0.1, -0.05) is 24.3 Å². The first-order chi connectivity index (χ1) is 13.7. The van der Waals surface area contributed by atoms with Crippen LogP contribution in [0.3, 0.4) is 0 Å². The minimum Gasteiger partial charge on any atom is -0.368 e. The predicted octanol–water partition coefficient (Wildman–Crippen LogP) is 4.71. The molecule has 1 aliphatic heterocycles. The average molecular weight is 410 g/mol. The van der Waals surface area contributed by atoms with Crippen molar-refractivity contribution in [3.05, 3.63) is 76.2 Å². The van der Waals surface area contributed by atoms with Crippen molar-refractivity contribution >= 4 is 34.7 Å². The number of anilines is 1. The van der Waals surface area contributed by atoms with Crippen molar-refractivity contribution < 1.29 is 4.79 Å². The van der Waals surface area contributed by atoms with Crippen molar-refractivity contribution in [1.29, 1.82) is 0 Å². The first-order valence-electron chi connectivity index (χ1n) is 9.40. The molecule has 1 aliphatic rings. The minimum atomic E-state index is 0.130. The normalized spacial score (nSPS) is 14.3. The highest BCUT2D eigenvalue weighted by Crippen LogP contribution is 2.28. The van der Waals surface area contributed by atoms with Gasteiger partial charge in [-0.3, -0.25) is 4.79 Å². The van der Waals surface area contributed by atoms with Crippen LogP contribution in [-0.4, -0.2) is 42.0 Å². The van der Waals surface area contributed by atoms with Crippen LogP contribution in [0, 0.1) is 6.92 Å². The molecule has 0 radical (unpaired) electrons. The van der Waals surface area contributed by atoms with Gasteiger partial charge in [0.25, 0.3) is 5.91 Å². The minimum absolute atomic E-state index is 0.130. The number of carbonyl (C=O) groups is 1. The fourth-order valence-corrected chi connectivity index (χ4v) is 5.00. The summed E-state index contributed by atoms with van der Waals surface area (Å²) in [5.41, 5.74) is 6.21. The van der Waals surface area contributed by atoms with Crippen molar-refractivity contribution in [3.8, 4) is 0 Å². The van der Waals surface area contributed by atoms with Crippen molar-refractivity contribution in [2.75, 3.05) is 31.1 Å². The van der Waals surface area contributed by atoms with Gasteiger partial charge in [0.1, 0.15) is 0 Å². The zero-order valence-electron chi connectivity index (χ0n) is 15.9. The average Bonchev–Trinajstić information content (AvgIpc) is 3.26. The lowest BCUT2D eigenvalue weighted by Crippen LogP contribution is -2.48. The van der Waals surface area contributed by atoms with Crippen LogP contribution in [0.4, 0.5) is 5.69 Å². The van der Waals surface area contributed by atoms with Crippen molar-refractivity contribution in [1.82, 2.24) is 9.88 Å². The highest BCUT2D eigenvalue weighted by atomic mass is 32.2. The molecule has 0 saturated carbocycles. The van der Waals surface area contributed by atoms with E-state index in [1.807, 2.05) is 34.7 Å². The van der Waals surface area contributed by atoms with Gasteiger partial charge in [-0.2, -0.15) is 0 Å². The number of carbonyl (C=O) groups excluding carboxylic acids is 1. The zero-order chi connectivity index (χ0) is 19.3. The lowest BCUT2D eigenvalue weighted by molar-refractivity contribution is 0.0743. The number of piperazine rings is 1. The van der Waals surface area contributed by atoms with E-state index in [-0.39, 0.29) is 5.91 Å². The van der Waals surface area contributed by atoms with Gasteiger partial charge in [-0.15, -0.1) is 23.1 Å². The number of benzene rings is 2. The number of thioether (sulfide) groups is 1. The number of thiazole rings is 1. The Morgan fingerprint density at radius 3 is 2.68 bits per heavy atom. The van der Waals surface area contributed by atoms with Gasteiger partial charge in [0.2, 0.25) is 0 Å². The first-order valence-corrected chi connectivity index (χ1v) is 11.3. The number of rotatable bonds is 5. The molecule has 6 heteroatoms. The van der Waals surface area contributed by atoms with Gasteiger partial charge in [0, 0.05) is 47.9 Å². The van der Waals surface area contributed by atoms with Crippen LogP contribution in [0.2, 0.25) is 0 Å². The second kappa shape index (κ2) is 8.80. The van der Waals surface area contributed by atoms with Crippen LogP contribution in [0.5, 0.6) is 0 Å². The second-order valence-electron chi connectivity index (χ2n) is 6.88. The van der Waals surface area contributed by atoms with Gasteiger partial charge in [0.15, 0.2) is 0 Å². The Labute approximate surface area is 174 Å². The maximum Gasteiger partial charge on any atom is 0.255 e. The summed E-state index contributed by atoms with van der Waals surface area (Å²) in [6.07, 6.45) is 0. The molecule has 1 fully saturated rings. The van der Waals surface area contributed by atoms with E-state index in [9.17, 15) is 4.79 Å². The number of hydrogen-bond acceptors (Lipinski definition) is 5. The molecule has 2 heterocycles. The van der Waals surface area contributed by atoms with Gasteiger partial charge < -0.3 is 9.80 Å². The molecular weight excluding hydrogens is 386 g/mol. The van der Waals surface area contributed by atoms with Crippen molar-refractivity contribution in [2.45, 2.75) is 17.6 Å². The molecule has 4 nitrogen and oxygen atoms in total. The van der Waals surface area contributed by atoms with E-state index < -0.39 is 0 Å². The van der Waals surface area contributed by atoms with Gasteiger partial charge in [-0.05, 0) is 36.8 Å². The molecule has 1 saturated heterocycles. The lowest BCUT2D eigenvalue weighted by atomic mass is 10.1. The van der Waals surface area contributed by atoms with Crippen LogP contribution in [0.25, 0.3) is 0 Å². The molecule has 0 bridgehead atoms. The summed E-state index contributed by atoms with van der Waals surface area (Å²) in [5.74, 6) is 0.917. The van der Waals surface area contributed by atoms with Crippen LogP contribution >= 0.6 is 23.1 Å². The maximum absolute atomic E-state index is 13.2. The third-order valence-electron chi connectivity index (χ3n) is 4.91. The Balaban J connectivity index is 1.41. The third-order valence-corrected chi connectivity index (χ3v) is 6.65. The fraction of sp³-hybridized carbons (Fsp3) is 0.273. The summed E-state index contributed by atoms with van der Waals surface area (Å²) in [6, 6.07) is 16.5. The molecule has 0 atom stereocenters. The monoisotopic (exact) mass is 409 g/mol. The number of hydrogen-bond donors (Lipinski definition) is 0. The van der Waals surface area contributed by atoms with E-state index in [2.05, 4.69) is 46.5 Å². The maximum atomic E-state index is 13.2. The quantitative estimate of drug-likeness (QED) is 0.572. The molecule has 0 N–H and O–H groups in total. The summed E-state index contributed by atoms with van der Waals surface area (Å²) in [7, 11) is 0. The molecule has 0 spiro atoms. The van der Waals surface area contributed by atoms with E-state index in [1.165, 1.54) is 11.3 Å². The van der Waals surface area contributed by atoms with Crippen LogP contribution in [0.1, 0.15) is 21.6 Å². The second-order valence-corrected chi connectivity index (χ2v) is 8.62. The molecule has 3 aromatic rings. The smallest absolute Gasteiger partial charge is 0.255 e. The molecule has 28 heavy (non-hydrogen) atoms. The van der Waals surface area contributed by atoms with E-state index in [1.54, 1.807) is 23.1 Å². The fourth-order valence-electron chi connectivity index (χ4n) is 3.39. The predicted molar refractivity (Wildman–Crippen MR) is 117 cm³/mol. The molecule has 0 unspecified atom stereocenters. The van der Waals surface area contributed by atoms with Crippen LogP contribution in [0.15, 0.2) is 64.3 Å².